The molecule has 0 unspecified atom stereocenters. The smallest absolute Gasteiger partial charge is 0.260 e. The van der Waals surface area contributed by atoms with Crippen molar-refractivity contribution in [2.75, 3.05) is 12.4 Å². The molecular formula is C19H20N2O2S. The number of thioether (sulfide) groups is 1. The van der Waals surface area contributed by atoms with Gasteiger partial charge in [-0.05, 0) is 36.3 Å². The summed E-state index contributed by atoms with van der Waals surface area (Å²) in [6.45, 7) is 2.13. The maximum Gasteiger partial charge on any atom is 0.260 e. The highest BCUT2D eigenvalue weighted by Crippen LogP contribution is 2.32. The SMILES string of the molecule is CCc1ccc(N[C@@H]2NC(=O)/C(=C/c3ccccc3OC)S2)cc1. The summed E-state index contributed by atoms with van der Waals surface area (Å²) in [5, 5.41) is 6.27. The first-order valence-electron chi connectivity index (χ1n) is 7.87. The van der Waals surface area contributed by atoms with Crippen LogP contribution in [0.4, 0.5) is 5.69 Å². The van der Waals surface area contributed by atoms with Gasteiger partial charge in [-0.2, -0.15) is 0 Å². The molecule has 2 N–H and O–H groups in total. The molecule has 0 aliphatic carbocycles. The molecule has 1 aliphatic rings. The summed E-state index contributed by atoms with van der Waals surface area (Å²) in [4.78, 5) is 12.9. The molecular weight excluding hydrogens is 320 g/mol. The zero-order valence-electron chi connectivity index (χ0n) is 13.7. The summed E-state index contributed by atoms with van der Waals surface area (Å²) in [6, 6.07) is 15.9. The number of aryl methyl sites for hydroxylation is 1. The lowest BCUT2D eigenvalue weighted by molar-refractivity contribution is -0.116. The van der Waals surface area contributed by atoms with Crippen LogP contribution in [0.3, 0.4) is 0 Å². The van der Waals surface area contributed by atoms with E-state index < -0.39 is 0 Å². The Hall–Kier alpha value is -2.40. The van der Waals surface area contributed by atoms with Gasteiger partial charge in [0, 0.05) is 11.3 Å². The number of hydrogen-bond acceptors (Lipinski definition) is 4. The van der Waals surface area contributed by atoms with Gasteiger partial charge in [0.25, 0.3) is 5.91 Å². The molecule has 1 fully saturated rings. The van der Waals surface area contributed by atoms with E-state index in [-0.39, 0.29) is 11.4 Å². The molecule has 0 aromatic heterocycles. The van der Waals surface area contributed by atoms with E-state index in [0.717, 1.165) is 23.4 Å². The Balaban J connectivity index is 1.72. The predicted octanol–water partition coefficient (Wildman–Crippen LogP) is 3.86. The summed E-state index contributed by atoms with van der Waals surface area (Å²) in [5.41, 5.74) is 3.00. The second-order valence-electron chi connectivity index (χ2n) is 5.42. The fraction of sp³-hybridized carbons (Fsp3) is 0.211. The molecule has 0 spiro atoms. The lowest BCUT2D eigenvalue weighted by Crippen LogP contribution is -2.30. The number of nitrogens with one attached hydrogen (secondary N) is 2. The monoisotopic (exact) mass is 340 g/mol. The van der Waals surface area contributed by atoms with E-state index in [2.05, 4.69) is 29.7 Å². The van der Waals surface area contributed by atoms with Crippen molar-refractivity contribution < 1.29 is 9.53 Å². The van der Waals surface area contributed by atoms with Gasteiger partial charge in [0.15, 0.2) is 5.50 Å². The van der Waals surface area contributed by atoms with Crippen molar-refractivity contribution in [1.29, 1.82) is 0 Å². The molecule has 0 saturated carbocycles. The lowest BCUT2D eigenvalue weighted by Gasteiger charge is -2.12. The maximum atomic E-state index is 12.2. The van der Waals surface area contributed by atoms with Crippen LogP contribution in [0.1, 0.15) is 18.1 Å². The molecule has 1 atom stereocenters. The van der Waals surface area contributed by atoms with Crippen molar-refractivity contribution in [3.8, 4) is 5.75 Å². The van der Waals surface area contributed by atoms with E-state index in [9.17, 15) is 4.79 Å². The van der Waals surface area contributed by atoms with Crippen molar-refractivity contribution in [3.05, 3.63) is 64.6 Å². The minimum Gasteiger partial charge on any atom is -0.496 e. The second-order valence-corrected chi connectivity index (χ2v) is 6.56. The zero-order chi connectivity index (χ0) is 16.9. The van der Waals surface area contributed by atoms with E-state index >= 15 is 0 Å². The van der Waals surface area contributed by atoms with Crippen molar-refractivity contribution in [1.82, 2.24) is 5.32 Å². The Kier molecular flexibility index (Phi) is 5.11. The Morgan fingerprint density at radius 1 is 1.21 bits per heavy atom. The van der Waals surface area contributed by atoms with Gasteiger partial charge in [-0.3, -0.25) is 4.79 Å². The van der Waals surface area contributed by atoms with Crippen LogP contribution in [-0.2, 0) is 11.2 Å². The van der Waals surface area contributed by atoms with Crippen molar-refractivity contribution >= 4 is 29.4 Å². The molecule has 24 heavy (non-hydrogen) atoms. The number of methoxy groups -OCH3 is 1. The molecule has 124 valence electrons. The van der Waals surface area contributed by atoms with Crippen LogP contribution in [0, 0.1) is 0 Å². The molecule has 1 heterocycles. The van der Waals surface area contributed by atoms with E-state index in [1.54, 1.807) is 7.11 Å². The summed E-state index contributed by atoms with van der Waals surface area (Å²) in [6.07, 6.45) is 2.88. The van der Waals surface area contributed by atoms with Crippen LogP contribution < -0.4 is 15.4 Å². The molecule has 4 nitrogen and oxygen atoms in total. The van der Waals surface area contributed by atoms with Gasteiger partial charge in [-0.25, -0.2) is 0 Å². The van der Waals surface area contributed by atoms with Crippen molar-refractivity contribution in [2.45, 2.75) is 18.8 Å². The van der Waals surface area contributed by atoms with Crippen LogP contribution in [0.25, 0.3) is 6.08 Å². The summed E-state index contributed by atoms with van der Waals surface area (Å²) in [5.74, 6) is 0.679. The number of ether oxygens (including phenoxy) is 1. The van der Waals surface area contributed by atoms with E-state index in [1.165, 1.54) is 17.3 Å². The van der Waals surface area contributed by atoms with Crippen LogP contribution >= 0.6 is 11.8 Å². The summed E-state index contributed by atoms with van der Waals surface area (Å²) >= 11 is 1.47. The van der Waals surface area contributed by atoms with Gasteiger partial charge in [0.1, 0.15) is 5.75 Å². The highest BCUT2D eigenvalue weighted by molar-refractivity contribution is 8.05. The minimum atomic E-state index is -0.175. The zero-order valence-corrected chi connectivity index (χ0v) is 14.5. The topological polar surface area (TPSA) is 50.4 Å². The fourth-order valence-electron chi connectivity index (χ4n) is 2.48. The van der Waals surface area contributed by atoms with Crippen LogP contribution in [0.15, 0.2) is 53.4 Å². The van der Waals surface area contributed by atoms with Crippen LogP contribution in [0.5, 0.6) is 5.75 Å². The molecule has 0 bridgehead atoms. The molecule has 2 aromatic carbocycles. The number of benzene rings is 2. The number of carbonyl (C=O) groups excluding carboxylic acids is 1. The van der Waals surface area contributed by atoms with Crippen molar-refractivity contribution in [2.24, 2.45) is 0 Å². The summed E-state index contributed by atoms with van der Waals surface area (Å²) in [7, 11) is 1.63. The third kappa shape index (κ3) is 3.74. The second kappa shape index (κ2) is 7.45. The number of rotatable bonds is 5. The maximum absolute atomic E-state index is 12.2. The van der Waals surface area contributed by atoms with Gasteiger partial charge in [-0.15, -0.1) is 0 Å². The first kappa shape index (κ1) is 16.5. The third-order valence-corrected chi connectivity index (χ3v) is 4.84. The first-order chi connectivity index (χ1) is 11.7. The highest BCUT2D eigenvalue weighted by atomic mass is 32.2. The summed E-state index contributed by atoms with van der Waals surface area (Å²) < 4.78 is 5.33. The molecule has 5 heteroatoms. The Labute approximate surface area is 146 Å². The fourth-order valence-corrected chi connectivity index (χ4v) is 3.46. The Morgan fingerprint density at radius 3 is 2.67 bits per heavy atom. The van der Waals surface area contributed by atoms with E-state index in [0.29, 0.717) is 4.91 Å². The number of hydrogen-bond donors (Lipinski definition) is 2. The number of anilines is 1. The molecule has 2 aromatic rings. The quantitative estimate of drug-likeness (QED) is 0.812. The van der Waals surface area contributed by atoms with Gasteiger partial charge < -0.3 is 15.4 Å². The lowest BCUT2D eigenvalue weighted by atomic mass is 10.1. The molecule has 0 radical (unpaired) electrons. The largest absolute Gasteiger partial charge is 0.496 e. The average Bonchev–Trinajstić information content (AvgIpc) is 2.95. The van der Waals surface area contributed by atoms with E-state index in [4.69, 9.17) is 4.74 Å². The molecule has 3 rings (SSSR count). The number of carbonyl (C=O) groups is 1. The molecule has 1 amide bonds. The van der Waals surface area contributed by atoms with Gasteiger partial charge in [0.05, 0.1) is 12.0 Å². The minimum absolute atomic E-state index is 0.0754. The van der Waals surface area contributed by atoms with Gasteiger partial charge in [0.2, 0.25) is 0 Å². The van der Waals surface area contributed by atoms with Gasteiger partial charge in [-0.1, -0.05) is 49.0 Å². The van der Waals surface area contributed by atoms with Gasteiger partial charge >= 0.3 is 0 Å². The predicted molar refractivity (Wildman–Crippen MR) is 99.9 cm³/mol. The highest BCUT2D eigenvalue weighted by Gasteiger charge is 2.27. The number of para-hydroxylation sites is 1. The first-order valence-corrected chi connectivity index (χ1v) is 8.75. The molecule has 1 saturated heterocycles. The molecule has 1 aliphatic heterocycles. The standard InChI is InChI=1S/C19H20N2O2S/c1-3-13-8-10-15(11-9-13)20-19-21-18(22)17(24-19)12-14-6-4-5-7-16(14)23-2/h4-12,19-20H,3H2,1-2H3,(H,21,22)/b17-12-/t19-/m1/s1. The number of amides is 1. The Bertz CT molecular complexity index is 756. The Morgan fingerprint density at radius 2 is 1.96 bits per heavy atom. The van der Waals surface area contributed by atoms with Crippen LogP contribution in [0.2, 0.25) is 0 Å². The normalized spacial score (nSPS) is 18.5. The third-order valence-electron chi connectivity index (χ3n) is 3.82. The van der Waals surface area contributed by atoms with Crippen molar-refractivity contribution in [3.63, 3.8) is 0 Å². The van der Waals surface area contributed by atoms with E-state index in [1.807, 2.05) is 42.5 Å². The average molecular weight is 340 g/mol. The van der Waals surface area contributed by atoms with Crippen LogP contribution in [-0.4, -0.2) is 18.5 Å².